The second-order valence-corrected chi connectivity index (χ2v) is 5.20. The van der Waals surface area contributed by atoms with E-state index in [0.717, 1.165) is 12.8 Å². The van der Waals surface area contributed by atoms with Crippen LogP contribution in [0.4, 0.5) is 5.69 Å². The predicted octanol–water partition coefficient (Wildman–Crippen LogP) is 4.51. The van der Waals surface area contributed by atoms with Gasteiger partial charge in [-0.2, -0.15) is 0 Å². The van der Waals surface area contributed by atoms with E-state index in [0.29, 0.717) is 36.2 Å². The zero-order valence-corrected chi connectivity index (χ0v) is 14.1. The van der Waals surface area contributed by atoms with Crippen LogP contribution in [0.15, 0.2) is 47.1 Å². The van der Waals surface area contributed by atoms with Crippen molar-refractivity contribution < 1.29 is 18.7 Å². The second-order valence-electron chi connectivity index (χ2n) is 5.20. The minimum atomic E-state index is -0.241. The van der Waals surface area contributed by atoms with E-state index in [1.807, 2.05) is 19.9 Å². The molecule has 1 aromatic carbocycles. The molecule has 0 aliphatic rings. The molecule has 1 heterocycles. The van der Waals surface area contributed by atoms with E-state index in [4.69, 9.17) is 13.9 Å². The van der Waals surface area contributed by atoms with Gasteiger partial charge >= 0.3 is 0 Å². The monoisotopic (exact) mass is 329 g/mol. The molecular weight excluding hydrogens is 306 g/mol. The Morgan fingerprint density at radius 2 is 1.88 bits per heavy atom. The van der Waals surface area contributed by atoms with Gasteiger partial charge in [-0.1, -0.05) is 13.8 Å². The van der Waals surface area contributed by atoms with Gasteiger partial charge in [0.05, 0.1) is 19.5 Å². The Bertz CT molecular complexity index is 662. The third-order valence-electron chi connectivity index (χ3n) is 3.08. The number of rotatable bonds is 9. The smallest absolute Gasteiger partial charge is 0.248 e. The molecule has 0 atom stereocenters. The summed E-state index contributed by atoms with van der Waals surface area (Å²) in [6.07, 6.45) is 6.42. The number of carbonyl (C=O) groups excluding carboxylic acids is 1. The van der Waals surface area contributed by atoms with E-state index < -0.39 is 0 Å². The molecule has 24 heavy (non-hydrogen) atoms. The zero-order chi connectivity index (χ0) is 17.2. The van der Waals surface area contributed by atoms with Crippen LogP contribution < -0.4 is 14.8 Å². The summed E-state index contributed by atoms with van der Waals surface area (Å²) in [5.41, 5.74) is 0.652. The van der Waals surface area contributed by atoms with E-state index in [-0.39, 0.29) is 5.91 Å². The van der Waals surface area contributed by atoms with Crippen LogP contribution in [0.25, 0.3) is 6.08 Å². The fourth-order valence-corrected chi connectivity index (χ4v) is 1.97. The summed E-state index contributed by atoms with van der Waals surface area (Å²) in [5, 5.41) is 2.80. The normalized spacial score (nSPS) is 10.8. The predicted molar refractivity (Wildman–Crippen MR) is 94.4 cm³/mol. The molecule has 1 amide bonds. The van der Waals surface area contributed by atoms with Crippen molar-refractivity contribution in [2.75, 3.05) is 18.5 Å². The summed E-state index contributed by atoms with van der Waals surface area (Å²) in [4.78, 5) is 12.0. The lowest BCUT2D eigenvalue weighted by Crippen LogP contribution is -2.08. The highest BCUT2D eigenvalue weighted by atomic mass is 16.5. The largest absolute Gasteiger partial charge is 0.490 e. The van der Waals surface area contributed by atoms with Gasteiger partial charge in [0.1, 0.15) is 5.76 Å². The second kappa shape index (κ2) is 9.45. The molecule has 1 N–H and O–H groups in total. The van der Waals surface area contributed by atoms with Gasteiger partial charge in [0.15, 0.2) is 11.5 Å². The van der Waals surface area contributed by atoms with Crippen molar-refractivity contribution >= 4 is 17.7 Å². The average Bonchev–Trinajstić information content (AvgIpc) is 3.11. The highest BCUT2D eigenvalue weighted by Gasteiger charge is 2.08. The lowest BCUT2D eigenvalue weighted by atomic mass is 10.2. The zero-order valence-electron chi connectivity index (χ0n) is 14.1. The van der Waals surface area contributed by atoms with E-state index in [1.165, 1.54) is 6.08 Å². The van der Waals surface area contributed by atoms with E-state index in [2.05, 4.69) is 5.32 Å². The number of ether oxygens (including phenoxy) is 2. The van der Waals surface area contributed by atoms with Crippen LogP contribution in [0.2, 0.25) is 0 Å². The standard InChI is InChI=1S/C19H23NO4/c1-3-11-23-17-9-7-15(14-18(17)24-12-4-2)20-19(21)10-8-16-6-5-13-22-16/h5-10,13-14H,3-4,11-12H2,1-2H3,(H,20,21)/b10-8+. The first-order valence-corrected chi connectivity index (χ1v) is 8.15. The lowest BCUT2D eigenvalue weighted by Gasteiger charge is -2.13. The molecule has 1 aromatic heterocycles. The fourth-order valence-electron chi connectivity index (χ4n) is 1.97. The first kappa shape index (κ1) is 17.7. The maximum absolute atomic E-state index is 12.0. The quantitative estimate of drug-likeness (QED) is 0.688. The van der Waals surface area contributed by atoms with Gasteiger partial charge in [-0.3, -0.25) is 4.79 Å². The Morgan fingerprint density at radius 3 is 2.54 bits per heavy atom. The van der Waals surface area contributed by atoms with Gasteiger partial charge in [-0.05, 0) is 43.2 Å². The molecule has 0 aliphatic heterocycles. The third kappa shape index (κ3) is 5.50. The summed E-state index contributed by atoms with van der Waals surface area (Å²) in [5.74, 6) is 1.71. The van der Waals surface area contributed by atoms with Crippen molar-refractivity contribution in [2.45, 2.75) is 26.7 Å². The van der Waals surface area contributed by atoms with Gasteiger partial charge in [0.2, 0.25) is 5.91 Å². The minimum absolute atomic E-state index is 0.241. The van der Waals surface area contributed by atoms with Gasteiger partial charge in [-0.15, -0.1) is 0 Å². The van der Waals surface area contributed by atoms with E-state index in [9.17, 15) is 4.79 Å². The Labute approximate surface area is 142 Å². The molecule has 0 saturated carbocycles. The van der Waals surface area contributed by atoms with Crippen LogP contribution in [0.3, 0.4) is 0 Å². The van der Waals surface area contributed by atoms with Gasteiger partial charge < -0.3 is 19.2 Å². The fraction of sp³-hybridized carbons (Fsp3) is 0.316. The first-order chi connectivity index (χ1) is 11.7. The average molecular weight is 329 g/mol. The Balaban J connectivity index is 2.04. The molecule has 0 fully saturated rings. The number of amides is 1. The molecule has 0 bridgehead atoms. The number of furan rings is 1. The van der Waals surface area contributed by atoms with Gasteiger partial charge in [0.25, 0.3) is 0 Å². The highest BCUT2D eigenvalue weighted by Crippen LogP contribution is 2.31. The maximum Gasteiger partial charge on any atom is 0.248 e. The van der Waals surface area contributed by atoms with Crippen molar-refractivity contribution in [3.8, 4) is 11.5 Å². The summed E-state index contributed by atoms with van der Waals surface area (Å²) in [7, 11) is 0. The Morgan fingerprint density at radius 1 is 1.12 bits per heavy atom. The van der Waals surface area contributed by atoms with E-state index >= 15 is 0 Å². The number of benzene rings is 1. The van der Waals surface area contributed by atoms with Crippen LogP contribution in [-0.4, -0.2) is 19.1 Å². The van der Waals surface area contributed by atoms with Gasteiger partial charge in [-0.25, -0.2) is 0 Å². The van der Waals surface area contributed by atoms with Crippen molar-refractivity contribution in [2.24, 2.45) is 0 Å². The molecule has 128 valence electrons. The summed E-state index contributed by atoms with van der Waals surface area (Å²) < 4.78 is 16.5. The Hall–Kier alpha value is -2.69. The third-order valence-corrected chi connectivity index (χ3v) is 3.08. The molecule has 0 radical (unpaired) electrons. The molecule has 5 heteroatoms. The van der Waals surface area contributed by atoms with Crippen molar-refractivity contribution in [3.05, 3.63) is 48.4 Å². The molecule has 2 rings (SSSR count). The lowest BCUT2D eigenvalue weighted by molar-refractivity contribution is -0.111. The van der Waals surface area contributed by atoms with Crippen LogP contribution in [-0.2, 0) is 4.79 Å². The summed E-state index contributed by atoms with van der Waals surface area (Å²) in [6, 6.07) is 8.93. The number of hydrogen-bond acceptors (Lipinski definition) is 4. The van der Waals surface area contributed by atoms with Crippen LogP contribution >= 0.6 is 0 Å². The topological polar surface area (TPSA) is 60.7 Å². The van der Waals surface area contributed by atoms with E-state index in [1.54, 1.807) is 36.6 Å². The molecule has 0 spiro atoms. The maximum atomic E-state index is 12.0. The molecular formula is C19H23NO4. The summed E-state index contributed by atoms with van der Waals surface area (Å²) >= 11 is 0. The number of carbonyl (C=O) groups is 1. The van der Waals surface area contributed by atoms with Crippen molar-refractivity contribution in [1.29, 1.82) is 0 Å². The van der Waals surface area contributed by atoms with Crippen LogP contribution in [0.5, 0.6) is 11.5 Å². The highest BCUT2D eigenvalue weighted by molar-refractivity contribution is 6.01. The van der Waals surface area contributed by atoms with Crippen LogP contribution in [0.1, 0.15) is 32.4 Å². The molecule has 5 nitrogen and oxygen atoms in total. The SMILES string of the molecule is CCCOc1ccc(NC(=O)/C=C/c2ccco2)cc1OCCC. The first-order valence-electron chi connectivity index (χ1n) is 8.15. The molecule has 0 saturated heterocycles. The van der Waals surface area contributed by atoms with Crippen molar-refractivity contribution in [3.63, 3.8) is 0 Å². The summed E-state index contributed by atoms with van der Waals surface area (Å²) in [6.45, 7) is 5.31. The number of hydrogen-bond donors (Lipinski definition) is 1. The number of anilines is 1. The minimum Gasteiger partial charge on any atom is -0.490 e. The number of nitrogens with one attached hydrogen (secondary N) is 1. The Kier molecular flexibility index (Phi) is 6.95. The molecule has 0 unspecified atom stereocenters. The molecule has 2 aromatic rings. The van der Waals surface area contributed by atoms with Crippen molar-refractivity contribution in [1.82, 2.24) is 0 Å². The van der Waals surface area contributed by atoms with Crippen LogP contribution in [0, 0.1) is 0 Å². The van der Waals surface area contributed by atoms with Gasteiger partial charge in [0, 0.05) is 17.8 Å². The molecule has 0 aliphatic carbocycles.